The molecule has 54 heavy (non-hydrogen) atoms. The minimum absolute atomic E-state index is 0.194. The van der Waals surface area contributed by atoms with E-state index >= 15 is 0 Å². The predicted molar refractivity (Wildman–Crippen MR) is 193 cm³/mol. The molecule has 12 nitrogen and oxygen atoms in total. The van der Waals surface area contributed by atoms with Crippen molar-refractivity contribution >= 4 is 52.7 Å². The SMILES string of the molecule is CN(Cc1ccc(Cl)nc1)C1=CC(=O)OC1.FF.O=C1C=C(N(CCF)Cc2ccc(Cl)nc2)CO1.O=C1C=C(N(Cc2ccc(Cl)nc2)C2CC2)CO1. The van der Waals surface area contributed by atoms with Gasteiger partial charge in [-0.1, -0.05) is 53.0 Å². The third-order valence-electron chi connectivity index (χ3n) is 8.06. The third kappa shape index (κ3) is 13.5. The van der Waals surface area contributed by atoms with Crippen LogP contribution in [0.15, 0.2) is 90.3 Å². The summed E-state index contributed by atoms with van der Waals surface area (Å²) < 4.78 is 43.2. The number of alkyl halides is 1. The number of carbonyl (C=O) groups excluding carboxylic acids is 3. The molecule has 0 amide bonds. The molecule has 0 spiro atoms. The molecule has 1 saturated carbocycles. The van der Waals surface area contributed by atoms with Crippen LogP contribution in [0, 0.1) is 0 Å². The molecule has 1 fully saturated rings. The number of halogens is 6. The summed E-state index contributed by atoms with van der Waals surface area (Å²) in [4.78, 5) is 51.0. The highest BCUT2D eigenvalue weighted by molar-refractivity contribution is 6.29. The van der Waals surface area contributed by atoms with Crippen LogP contribution in [0.5, 0.6) is 0 Å². The number of hydrogen-bond acceptors (Lipinski definition) is 12. The Morgan fingerprint density at radius 1 is 0.648 bits per heavy atom. The smallest absolute Gasteiger partial charge is 0.333 e. The molecule has 0 saturated heterocycles. The Morgan fingerprint density at radius 2 is 1.07 bits per heavy atom. The van der Waals surface area contributed by atoms with Crippen molar-refractivity contribution in [2.75, 3.05) is 40.1 Å². The highest BCUT2D eigenvalue weighted by atomic mass is 35.5. The van der Waals surface area contributed by atoms with E-state index in [0.29, 0.717) is 53.5 Å². The van der Waals surface area contributed by atoms with Gasteiger partial charge in [0.15, 0.2) is 0 Å². The van der Waals surface area contributed by atoms with Crippen LogP contribution in [0.1, 0.15) is 29.5 Å². The van der Waals surface area contributed by atoms with Gasteiger partial charge >= 0.3 is 17.9 Å². The number of hydrogen-bond donors (Lipinski definition) is 0. The summed E-state index contributed by atoms with van der Waals surface area (Å²) in [6.07, 6.45) is 11.9. The molecule has 0 bridgehead atoms. The van der Waals surface area contributed by atoms with E-state index in [-0.39, 0.29) is 31.1 Å². The molecule has 288 valence electrons. The van der Waals surface area contributed by atoms with Crippen LogP contribution in [0.4, 0.5) is 13.5 Å². The molecule has 1 aliphatic carbocycles. The molecule has 18 heteroatoms. The topological polar surface area (TPSA) is 127 Å². The van der Waals surface area contributed by atoms with Crippen molar-refractivity contribution < 1.29 is 42.1 Å². The average molecular weight is 812 g/mol. The molecular formula is C36H36Cl3F3N6O6. The number of pyridine rings is 3. The second-order valence-corrected chi connectivity index (χ2v) is 13.2. The van der Waals surface area contributed by atoms with Crippen LogP contribution >= 0.6 is 34.8 Å². The lowest BCUT2D eigenvalue weighted by molar-refractivity contribution is -0.136. The molecule has 3 aliphatic heterocycles. The fourth-order valence-corrected chi connectivity index (χ4v) is 5.57. The van der Waals surface area contributed by atoms with Crippen molar-refractivity contribution in [1.82, 2.24) is 29.7 Å². The monoisotopic (exact) mass is 810 g/mol. The van der Waals surface area contributed by atoms with Gasteiger partial charge in [-0.15, -0.1) is 0 Å². The Kier molecular flexibility index (Phi) is 16.4. The number of nitrogens with zero attached hydrogens (tertiary/aromatic N) is 6. The lowest BCUT2D eigenvalue weighted by Gasteiger charge is -2.24. The van der Waals surface area contributed by atoms with Crippen LogP contribution in [-0.2, 0) is 48.2 Å². The summed E-state index contributed by atoms with van der Waals surface area (Å²) >= 11 is 17.2. The van der Waals surface area contributed by atoms with E-state index in [1.165, 1.54) is 25.0 Å². The minimum atomic E-state index is -0.494. The van der Waals surface area contributed by atoms with Crippen LogP contribution in [0.2, 0.25) is 15.5 Å². The maximum atomic E-state index is 12.5. The van der Waals surface area contributed by atoms with E-state index in [9.17, 15) is 18.8 Å². The maximum Gasteiger partial charge on any atom is 0.333 e. The first kappa shape index (κ1) is 41.9. The molecule has 4 aliphatic rings. The standard InChI is InChI=1S/C13H13ClN2O2.C12H12ClFN2O2.C11H11ClN2O2.F2/c14-12-4-1-9(6-15-12)7-16(10-2-3-10)11-5-13(17)18-8-11;13-11-2-1-9(6-15-11)7-16(4-3-14)10-5-12(17)18-8-10;1-14(9-4-11(15)16-7-9)6-8-2-3-10(12)13-5-8;1-2/h1,4-6,10H,2-3,7-8H2;1-2,5-6H,3-4,7-8H2;2-5H,6-7H2,1H3;. The molecule has 3 aromatic rings. The normalized spacial score (nSPS) is 15.4. The van der Waals surface area contributed by atoms with Gasteiger partial charge in [-0.3, -0.25) is 0 Å². The van der Waals surface area contributed by atoms with Gasteiger partial charge in [0, 0.05) is 85.2 Å². The number of rotatable bonds is 12. The van der Waals surface area contributed by atoms with Crippen LogP contribution in [0.25, 0.3) is 0 Å². The van der Waals surface area contributed by atoms with Crippen molar-refractivity contribution in [2.24, 2.45) is 0 Å². The lowest BCUT2D eigenvalue weighted by Crippen LogP contribution is -2.25. The number of esters is 3. The van der Waals surface area contributed by atoms with E-state index < -0.39 is 6.67 Å². The van der Waals surface area contributed by atoms with Gasteiger partial charge in [0.1, 0.15) is 42.0 Å². The van der Waals surface area contributed by atoms with Gasteiger partial charge in [0.25, 0.3) is 0 Å². The summed E-state index contributed by atoms with van der Waals surface area (Å²) in [7, 11) is 1.91. The number of likely N-dealkylation sites (N-methyl/N-ethyl adjacent to an activating group) is 1. The number of cyclic esters (lactones) is 3. The summed E-state index contributed by atoms with van der Waals surface area (Å²) in [5.41, 5.74) is 5.55. The molecular weight excluding hydrogens is 776 g/mol. The molecule has 3 aromatic heterocycles. The van der Waals surface area contributed by atoms with Crippen molar-refractivity contribution in [1.29, 1.82) is 0 Å². The van der Waals surface area contributed by atoms with Gasteiger partial charge in [0.05, 0.1) is 17.1 Å². The predicted octanol–water partition coefficient (Wildman–Crippen LogP) is 6.54. The van der Waals surface area contributed by atoms with Gasteiger partial charge in [-0.25, -0.2) is 33.7 Å². The Bertz CT molecular complexity index is 1810. The summed E-state index contributed by atoms with van der Waals surface area (Å²) in [5.74, 6) is -0.913. The first-order valence-electron chi connectivity index (χ1n) is 16.4. The Balaban J connectivity index is 0.000000177. The van der Waals surface area contributed by atoms with Gasteiger partial charge in [-0.05, 0) is 47.7 Å². The first-order chi connectivity index (χ1) is 26.1. The molecule has 6 heterocycles. The van der Waals surface area contributed by atoms with Crippen molar-refractivity contribution in [3.8, 4) is 0 Å². The first-order valence-corrected chi connectivity index (χ1v) is 17.6. The van der Waals surface area contributed by atoms with E-state index in [2.05, 4.69) is 19.9 Å². The summed E-state index contributed by atoms with van der Waals surface area (Å²) in [5, 5.41) is 1.38. The highest BCUT2D eigenvalue weighted by Crippen LogP contribution is 2.33. The largest absolute Gasteiger partial charge is 0.456 e. The van der Waals surface area contributed by atoms with Gasteiger partial charge in [0.2, 0.25) is 0 Å². The Labute approximate surface area is 324 Å². The zero-order valence-corrected chi connectivity index (χ0v) is 31.2. The Morgan fingerprint density at radius 3 is 1.46 bits per heavy atom. The van der Waals surface area contributed by atoms with Crippen LogP contribution < -0.4 is 0 Å². The number of carbonyl (C=O) groups is 3. The molecule has 0 radical (unpaired) electrons. The van der Waals surface area contributed by atoms with Gasteiger partial charge in [-0.2, -0.15) is 0 Å². The van der Waals surface area contributed by atoms with E-state index in [0.717, 1.165) is 34.6 Å². The van der Waals surface area contributed by atoms with Gasteiger partial charge < -0.3 is 28.9 Å². The summed E-state index contributed by atoms with van der Waals surface area (Å²) in [6.45, 7) is 2.53. The molecule has 0 aromatic carbocycles. The average Bonchev–Trinajstić information content (AvgIpc) is 3.50. The lowest BCUT2D eigenvalue weighted by atomic mass is 10.2. The second-order valence-electron chi connectivity index (χ2n) is 12.0. The number of ether oxygens (including phenoxy) is 3. The van der Waals surface area contributed by atoms with E-state index in [1.54, 1.807) is 47.8 Å². The highest BCUT2D eigenvalue weighted by Gasteiger charge is 2.33. The third-order valence-corrected chi connectivity index (χ3v) is 8.73. The van der Waals surface area contributed by atoms with Crippen molar-refractivity contribution in [3.05, 3.63) is 122 Å². The Hall–Kier alpha value is -4.86. The fraction of sp³-hybridized carbons (Fsp3) is 0.333. The zero-order chi connectivity index (χ0) is 39.0. The minimum Gasteiger partial charge on any atom is -0.456 e. The van der Waals surface area contributed by atoms with Crippen molar-refractivity contribution in [3.63, 3.8) is 0 Å². The van der Waals surface area contributed by atoms with E-state index in [1.807, 2.05) is 30.1 Å². The van der Waals surface area contributed by atoms with Crippen LogP contribution in [-0.4, -0.2) is 93.7 Å². The maximum absolute atomic E-state index is 12.5. The van der Waals surface area contributed by atoms with Crippen LogP contribution in [0.3, 0.4) is 0 Å². The molecule has 0 atom stereocenters. The molecule has 0 N–H and O–H groups in total. The van der Waals surface area contributed by atoms with Crippen molar-refractivity contribution in [2.45, 2.75) is 38.5 Å². The number of aromatic nitrogens is 3. The quantitative estimate of drug-likeness (QED) is 0.112. The molecule has 7 rings (SSSR count). The molecule has 0 unspecified atom stereocenters. The fourth-order valence-electron chi connectivity index (χ4n) is 5.23. The summed E-state index contributed by atoms with van der Waals surface area (Å²) in [6, 6.07) is 11.4. The van der Waals surface area contributed by atoms with E-state index in [4.69, 9.17) is 58.2 Å². The second kappa shape index (κ2) is 21.1. The zero-order valence-electron chi connectivity index (χ0n) is 29.0.